The van der Waals surface area contributed by atoms with Gasteiger partial charge in [0.05, 0.1) is 21.7 Å². The molecular formula is C23H19FN2O5S3. The number of benzene rings is 2. The summed E-state index contributed by atoms with van der Waals surface area (Å²) in [5, 5.41) is 3.52. The van der Waals surface area contributed by atoms with Crippen LogP contribution in [0.5, 0.6) is 0 Å². The predicted molar refractivity (Wildman–Crippen MR) is 131 cm³/mol. The number of carbonyl (C=O) groups excluding carboxylic acids is 2. The monoisotopic (exact) mass is 518 g/mol. The average molecular weight is 519 g/mol. The van der Waals surface area contributed by atoms with Crippen molar-refractivity contribution in [3.63, 3.8) is 0 Å². The van der Waals surface area contributed by atoms with Crippen molar-refractivity contribution in [2.75, 3.05) is 17.7 Å². The van der Waals surface area contributed by atoms with E-state index < -0.39 is 33.3 Å². The Bertz CT molecular complexity index is 1460. The maximum atomic E-state index is 13.2. The third kappa shape index (κ3) is 4.86. The zero-order chi connectivity index (χ0) is 24.5. The van der Waals surface area contributed by atoms with E-state index in [0.717, 1.165) is 45.8 Å². The molecule has 0 spiro atoms. The fraction of sp³-hybridized carbons (Fsp3) is 0.174. The summed E-state index contributed by atoms with van der Waals surface area (Å²) in [4.78, 5) is 30.0. The summed E-state index contributed by atoms with van der Waals surface area (Å²) >= 11 is 2.40. The van der Waals surface area contributed by atoms with Crippen molar-refractivity contribution >= 4 is 59.6 Å². The topological polar surface area (TPSA) is 102 Å². The van der Waals surface area contributed by atoms with E-state index in [4.69, 9.17) is 4.74 Å². The van der Waals surface area contributed by atoms with Crippen LogP contribution in [0.4, 0.5) is 9.39 Å². The van der Waals surface area contributed by atoms with Gasteiger partial charge in [-0.25, -0.2) is 22.6 Å². The Morgan fingerprint density at radius 1 is 1.09 bits per heavy atom. The predicted octanol–water partition coefficient (Wildman–Crippen LogP) is 5.06. The molecule has 0 aliphatic carbocycles. The van der Waals surface area contributed by atoms with Crippen molar-refractivity contribution in [2.24, 2.45) is 0 Å². The van der Waals surface area contributed by atoms with Crippen LogP contribution in [0.25, 0.3) is 20.8 Å². The fourth-order valence-electron chi connectivity index (χ4n) is 3.29. The van der Waals surface area contributed by atoms with Gasteiger partial charge in [0.25, 0.3) is 0 Å². The van der Waals surface area contributed by atoms with Crippen LogP contribution in [0.15, 0.2) is 53.4 Å². The number of thiophene rings is 1. The van der Waals surface area contributed by atoms with Gasteiger partial charge in [0, 0.05) is 5.56 Å². The van der Waals surface area contributed by atoms with Crippen molar-refractivity contribution < 1.29 is 27.1 Å². The average Bonchev–Trinajstić information content (AvgIpc) is 3.34. The van der Waals surface area contributed by atoms with Crippen LogP contribution in [0.1, 0.15) is 22.2 Å². The van der Waals surface area contributed by atoms with Crippen LogP contribution >= 0.6 is 22.7 Å². The molecule has 7 nitrogen and oxygen atoms in total. The summed E-state index contributed by atoms with van der Waals surface area (Å²) in [6.07, 6.45) is 0. The first-order chi connectivity index (χ1) is 16.2. The number of hydrogen-bond donors (Lipinski definition) is 1. The molecule has 11 heteroatoms. The number of nitrogens with one attached hydrogen (secondary N) is 1. The molecule has 4 aromatic rings. The van der Waals surface area contributed by atoms with Crippen LogP contribution < -0.4 is 5.32 Å². The summed E-state index contributed by atoms with van der Waals surface area (Å²) in [5.41, 5.74) is 1.89. The van der Waals surface area contributed by atoms with Crippen LogP contribution in [0, 0.1) is 12.7 Å². The van der Waals surface area contributed by atoms with Crippen molar-refractivity contribution in [1.82, 2.24) is 4.98 Å². The highest BCUT2D eigenvalue weighted by Gasteiger charge is 2.27. The molecule has 0 aliphatic heterocycles. The van der Waals surface area contributed by atoms with E-state index >= 15 is 0 Å². The maximum Gasteiger partial charge on any atom is 0.348 e. The molecular weight excluding hydrogens is 499 g/mol. The summed E-state index contributed by atoms with van der Waals surface area (Å²) in [6, 6.07) is 11.8. The maximum absolute atomic E-state index is 13.2. The molecule has 2 aromatic carbocycles. The van der Waals surface area contributed by atoms with Gasteiger partial charge in [-0.05, 0) is 55.8 Å². The van der Waals surface area contributed by atoms with Gasteiger partial charge in [0.2, 0.25) is 5.91 Å². The normalized spacial score (nSPS) is 11.5. The van der Waals surface area contributed by atoms with Gasteiger partial charge in [-0.1, -0.05) is 12.1 Å². The molecule has 1 N–H and O–H groups in total. The van der Waals surface area contributed by atoms with Gasteiger partial charge >= 0.3 is 5.97 Å². The Labute approximate surface area is 203 Å². The third-order valence-corrected chi connectivity index (χ3v) is 8.74. The molecule has 34 heavy (non-hydrogen) atoms. The Morgan fingerprint density at radius 3 is 2.47 bits per heavy atom. The van der Waals surface area contributed by atoms with Gasteiger partial charge in [-0.2, -0.15) is 0 Å². The van der Waals surface area contributed by atoms with E-state index in [9.17, 15) is 22.4 Å². The van der Waals surface area contributed by atoms with E-state index in [1.54, 1.807) is 13.8 Å². The molecule has 0 fully saturated rings. The SMILES string of the molecule is CCOC(=O)c1sc(NC(=O)CS(=O)(=O)c2ccc(F)cc2)c(-c2nc3ccccc3s2)c1C. The standard InChI is InChI=1S/C23H19FN2O5S3/c1-3-31-23(28)20-13(2)19(21-25-16-6-4-5-7-17(16)32-21)22(33-20)26-18(27)12-34(29,30)15-10-8-14(24)9-11-15/h4-11H,3,12H2,1-2H3,(H,26,27). The molecule has 4 rings (SSSR count). The number of sulfone groups is 1. The van der Waals surface area contributed by atoms with Crippen molar-refractivity contribution in [3.05, 3.63) is 64.8 Å². The number of halogens is 1. The number of fused-ring (bicyclic) bond motifs is 1. The second kappa shape index (κ2) is 9.61. The molecule has 0 aliphatic rings. The Morgan fingerprint density at radius 2 is 1.79 bits per heavy atom. The van der Waals surface area contributed by atoms with E-state index in [0.29, 0.717) is 26.0 Å². The van der Waals surface area contributed by atoms with Gasteiger partial charge < -0.3 is 10.1 Å². The number of anilines is 1. The molecule has 0 saturated heterocycles. The first-order valence-electron chi connectivity index (χ1n) is 10.1. The van der Waals surface area contributed by atoms with Gasteiger partial charge in [0.1, 0.15) is 26.5 Å². The number of amides is 1. The molecule has 176 valence electrons. The number of aromatic nitrogens is 1. The van der Waals surface area contributed by atoms with Crippen LogP contribution in [-0.4, -0.2) is 37.6 Å². The minimum Gasteiger partial charge on any atom is -0.462 e. The fourth-order valence-corrected chi connectivity index (χ4v) is 6.68. The zero-order valence-electron chi connectivity index (χ0n) is 18.1. The van der Waals surface area contributed by atoms with E-state index in [1.807, 2.05) is 24.3 Å². The summed E-state index contributed by atoms with van der Waals surface area (Å²) in [7, 11) is -4.00. The lowest BCUT2D eigenvalue weighted by Crippen LogP contribution is -2.22. The van der Waals surface area contributed by atoms with Crippen LogP contribution in [-0.2, 0) is 19.4 Å². The summed E-state index contributed by atoms with van der Waals surface area (Å²) in [6.45, 7) is 3.61. The second-order valence-corrected chi connectivity index (χ2v) is 11.3. The molecule has 0 atom stereocenters. The number of esters is 1. The van der Waals surface area contributed by atoms with Gasteiger partial charge in [-0.3, -0.25) is 4.79 Å². The number of rotatable bonds is 7. The Balaban J connectivity index is 1.70. The summed E-state index contributed by atoms with van der Waals surface area (Å²) in [5.74, 6) is -2.75. The minimum atomic E-state index is -4.00. The number of nitrogens with zero attached hydrogens (tertiary/aromatic N) is 1. The lowest BCUT2D eigenvalue weighted by molar-refractivity contribution is -0.113. The molecule has 0 unspecified atom stereocenters. The highest BCUT2D eigenvalue weighted by molar-refractivity contribution is 7.92. The molecule has 2 aromatic heterocycles. The second-order valence-electron chi connectivity index (χ2n) is 7.23. The van der Waals surface area contributed by atoms with Crippen molar-refractivity contribution in [3.8, 4) is 10.6 Å². The first-order valence-corrected chi connectivity index (χ1v) is 13.4. The Kier molecular flexibility index (Phi) is 6.78. The highest BCUT2D eigenvalue weighted by atomic mass is 32.2. The number of hydrogen-bond acceptors (Lipinski definition) is 8. The first kappa shape index (κ1) is 24.0. The van der Waals surface area contributed by atoms with Crippen LogP contribution in [0.3, 0.4) is 0 Å². The number of thiazole rings is 1. The van der Waals surface area contributed by atoms with E-state index in [-0.39, 0.29) is 11.5 Å². The van der Waals surface area contributed by atoms with Gasteiger partial charge in [0.15, 0.2) is 9.84 Å². The number of para-hydroxylation sites is 1. The van der Waals surface area contributed by atoms with E-state index in [1.165, 1.54) is 11.3 Å². The largest absolute Gasteiger partial charge is 0.462 e. The highest BCUT2D eigenvalue weighted by Crippen LogP contribution is 2.43. The lowest BCUT2D eigenvalue weighted by atomic mass is 10.1. The van der Waals surface area contributed by atoms with Crippen molar-refractivity contribution in [1.29, 1.82) is 0 Å². The molecule has 2 heterocycles. The van der Waals surface area contributed by atoms with E-state index in [2.05, 4.69) is 10.3 Å². The minimum absolute atomic E-state index is 0.162. The third-order valence-electron chi connectivity index (χ3n) is 4.86. The number of carbonyl (C=O) groups is 2. The Hall–Kier alpha value is -3.15. The zero-order valence-corrected chi connectivity index (χ0v) is 20.6. The molecule has 0 radical (unpaired) electrons. The molecule has 0 saturated carbocycles. The molecule has 1 amide bonds. The quantitative estimate of drug-likeness (QED) is 0.271. The number of ether oxygens (including phenoxy) is 1. The molecule has 0 bridgehead atoms. The lowest BCUT2D eigenvalue weighted by Gasteiger charge is -2.07. The summed E-state index contributed by atoms with van der Waals surface area (Å²) < 4.78 is 44.5. The van der Waals surface area contributed by atoms with Crippen LogP contribution in [0.2, 0.25) is 0 Å². The van der Waals surface area contributed by atoms with Crippen molar-refractivity contribution in [2.45, 2.75) is 18.7 Å². The van der Waals surface area contributed by atoms with Gasteiger partial charge in [-0.15, -0.1) is 22.7 Å². The smallest absolute Gasteiger partial charge is 0.348 e.